The summed E-state index contributed by atoms with van der Waals surface area (Å²) in [6.45, 7) is 1.81. The number of ether oxygens (including phenoxy) is 2. The first-order valence-corrected chi connectivity index (χ1v) is 12.8. The molecule has 0 bridgehead atoms. The number of carbonyl (C=O) groups excluding carboxylic acids is 2. The van der Waals surface area contributed by atoms with Crippen molar-refractivity contribution in [2.75, 3.05) is 7.11 Å². The van der Waals surface area contributed by atoms with Crippen molar-refractivity contribution in [2.45, 2.75) is 38.2 Å². The van der Waals surface area contributed by atoms with Crippen LogP contribution in [0, 0.1) is 0 Å². The maximum absolute atomic E-state index is 13.8. The van der Waals surface area contributed by atoms with Crippen LogP contribution in [0.15, 0.2) is 95.3 Å². The zero-order valence-corrected chi connectivity index (χ0v) is 21.9. The normalized spacial score (nSPS) is 19.1. The van der Waals surface area contributed by atoms with Gasteiger partial charge in [-0.2, -0.15) is 0 Å². The fourth-order valence-electron chi connectivity index (χ4n) is 5.41. The molecular weight excluding hydrogens is 502 g/mol. The summed E-state index contributed by atoms with van der Waals surface area (Å²) >= 11 is 6.26. The average Bonchev–Trinajstić information content (AvgIpc) is 2.91. The van der Waals surface area contributed by atoms with Crippen LogP contribution in [0.2, 0.25) is 5.02 Å². The summed E-state index contributed by atoms with van der Waals surface area (Å²) in [5, 5.41) is 14.1. The molecule has 7 heteroatoms. The minimum Gasteiger partial charge on any atom is -0.508 e. The molecule has 0 fully saturated rings. The number of carbonyl (C=O) groups is 2. The van der Waals surface area contributed by atoms with E-state index in [9.17, 15) is 14.7 Å². The highest BCUT2D eigenvalue weighted by molar-refractivity contribution is 6.31. The van der Waals surface area contributed by atoms with Crippen molar-refractivity contribution in [3.63, 3.8) is 0 Å². The van der Waals surface area contributed by atoms with Crippen molar-refractivity contribution in [1.82, 2.24) is 5.32 Å². The topological polar surface area (TPSA) is 84.9 Å². The number of Topliss-reactive ketones (excluding diaryl/α,β-unsaturated/α-hetero) is 1. The second-order valence-corrected chi connectivity index (χ2v) is 9.93. The van der Waals surface area contributed by atoms with Gasteiger partial charge in [0.05, 0.1) is 12.7 Å². The van der Waals surface area contributed by atoms with Crippen LogP contribution < -0.4 is 10.1 Å². The number of nitrogens with one attached hydrogen (secondary N) is 1. The van der Waals surface area contributed by atoms with E-state index in [0.717, 1.165) is 17.0 Å². The first-order valence-electron chi connectivity index (χ1n) is 12.4. The molecule has 0 aromatic heterocycles. The van der Waals surface area contributed by atoms with Crippen LogP contribution in [0.5, 0.6) is 11.5 Å². The van der Waals surface area contributed by atoms with E-state index in [2.05, 4.69) is 5.32 Å². The van der Waals surface area contributed by atoms with Crippen molar-refractivity contribution in [3.05, 3.63) is 117 Å². The van der Waals surface area contributed by atoms with Gasteiger partial charge in [-0.05, 0) is 48.7 Å². The SMILES string of the molecule is COc1ccccc1[C@H]1CC(=O)C2=C(C1)NC(C)=C(C(=O)OCc1ccccc1Cl)[C@H]2c1cccc(O)c1. The average molecular weight is 530 g/mol. The van der Waals surface area contributed by atoms with Crippen LogP contribution in [-0.4, -0.2) is 24.0 Å². The van der Waals surface area contributed by atoms with E-state index in [1.807, 2.05) is 49.4 Å². The van der Waals surface area contributed by atoms with Gasteiger partial charge in [-0.3, -0.25) is 4.79 Å². The van der Waals surface area contributed by atoms with Crippen LogP contribution >= 0.6 is 11.6 Å². The van der Waals surface area contributed by atoms with Gasteiger partial charge in [0.1, 0.15) is 18.1 Å². The number of hydrogen-bond acceptors (Lipinski definition) is 6. The van der Waals surface area contributed by atoms with E-state index in [-0.39, 0.29) is 30.5 Å². The quantitative estimate of drug-likeness (QED) is 0.372. The summed E-state index contributed by atoms with van der Waals surface area (Å²) in [7, 11) is 1.62. The maximum atomic E-state index is 13.8. The largest absolute Gasteiger partial charge is 0.508 e. The molecule has 0 unspecified atom stereocenters. The lowest BCUT2D eigenvalue weighted by molar-refractivity contribution is -0.140. The van der Waals surface area contributed by atoms with Gasteiger partial charge in [0.25, 0.3) is 0 Å². The Morgan fingerprint density at radius 2 is 1.82 bits per heavy atom. The summed E-state index contributed by atoms with van der Waals surface area (Å²) in [4.78, 5) is 27.3. The molecule has 0 saturated carbocycles. The van der Waals surface area contributed by atoms with E-state index in [1.165, 1.54) is 0 Å². The molecule has 2 atom stereocenters. The van der Waals surface area contributed by atoms with Gasteiger partial charge in [-0.25, -0.2) is 4.79 Å². The molecule has 5 rings (SSSR count). The third-order valence-corrected chi connectivity index (χ3v) is 7.52. The minimum atomic E-state index is -0.678. The number of methoxy groups -OCH3 is 1. The maximum Gasteiger partial charge on any atom is 0.337 e. The number of para-hydroxylation sites is 1. The Labute approximate surface area is 226 Å². The summed E-state index contributed by atoms with van der Waals surface area (Å²) in [5.41, 5.74) is 4.54. The summed E-state index contributed by atoms with van der Waals surface area (Å²) in [6, 6.07) is 21.6. The highest BCUT2D eigenvalue weighted by atomic mass is 35.5. The molecule has 1 heterocycles. The molecule has 3 aromatic rings. The Hall–Kier alpha value is -4.03. The number of halogens is 1. The molecule has 38 heavy (non-hydrogen) atoms. The smallest absolute Gasteiger partial charge is 0.337 e. The van der Waals surface area contributed by atoms with Gasteiger partial charge in [-0.1, -0.05) is 60.1 Å². The van der Waals surface area contributed by atoms with Gasteiger partial charge in [0, 0.05) is 45.8 Å². The lowest BCUT2D eigenvalue weighted by Crippen LogP contribution is -2.36. The molecule has 0 amide bonds. The Morgan fingerprint density at radius 3 is 2.58 bits per heavy atom. The number of phenols is 1. The number of phenolic OH excluding ortho intramolecular Hbond substituents is 1. The third-order valence-electron chi connectivity index (χ3n) is 7.15. The van der Waals surface area contributed by atoms with Crippen LogP contribution in [0.3, 0.4) is 0 Å². The molecule has 2 aliphatic rings. The molecule has 194 valence electrons. The molecule has 1 aliphatic heterocycles. The summed E-state index contributed by atoms with van der Waals surface area (Å²) in [6.07, 6.45) is 0.854. The molecule has 2 N–H and O–H groups in total. The predicted octanol–water partition coefficient (Wildman–Crippen LogP) is 6.16. The van der Waals surface area contributed by atoms with Crippen LogP contribution in [-0.2, 0) is 20.9 Å². The van der Waals surface area contributed by atoms with E-state index in [4.69, 9.17) is 21.1 Å². The zero-order chi connectivity index (χ0) is 26.8. The van der Waals surface area contributed by atoms with Crippen LogP contribution in [0.1, 0.15) is 48.3 Å². The molecule has 3 aromatic carbocycles. The fraction of sp³-hybridized carbons (Fsp3) is 0.226. The van der Waals surface area contributed by atoms with E-state index in [1.54, 1.807) is 37.4 Å². The number of dihydropyridines is 1. The fourth-order valence-corrected chi connectivity index (χ4v) is 5.60. The lowest BCUT2D eigenvalue weighted by atomic mass is 9.71. The zero-order valence-electron chi connectivity index (χ0n) is 21.2. The standard InChI is InChI=1S/C31H28ClNO5/c1-18-28(31(36)38-17-20-8-3-5-12-24(20)32)29(19-9-7-10-22(34)14-19)30-25(33-18)15-21(16-26(30)35)23-11-4-6-13-27(23)37-2/h3-14,21,29,33-34H,15-17H2,1-2H3/t21-,29-/m1/s1. The Bertz CT molecular complexity index is 1470. The monoisotopic (exact) mass is 529 g/mol. The molecule has 0 spiro atoms. The number of hydrogen-bond donors (Lipinski definition) is 2. The molecule has 6 nitrogen and oxygen atoms in total. The van der Waals surface area contributed by atoms with E-state index in [0.29, 0.717) is 39.4 Å². The number of rotatable bonds is 6. The second-order valence-electron chi connectivity index (χ2n) is 9.52. The number of allylic oxidation sites excluding steroid dienone is 3. The van der Waals surface area contributed by atoms with Gasteiger partial charge < -0.3 is 19.9 Å². The highest BCUT2D eigenvalue weighted by Gasteiger charge is 2.42. The molecule has 0 radical (unpaired) electrons. The van der Waals surface area contributed by atoms with Crippen LogP contribution in [0.25, 0.3) is 0 Å². The second kappa shape index (κ2) is 10.8. The first kappa shape index (κ1) is 25.6. The van der Waals surface area contributed by atoms with Gasteiger partial charge in [0.15, 0.2) is 5.78 Å². The molecule has 1 aliphatic carbocycles. The summed E-state index contributed by atoms with van der Waals surface area (Å²) in [5.74, 6) is -0.564. The lowest BCUT2D eigenvalue weighted by Gasteiger charge is -2.37. The Kier molecular flexibility index (Phi) is 7.25. The van der Waals surface area contributed by atoms with Gasteiger partial charge in [0.2, 0.25) is 0 Å². The van der Waals surface area contributed by atoms with Crippen molar-refractivity contribution in [1.29, 1.82) is 0 Å². The molecular formula is C31H28ClNO5. The van der Waals surface area contributed by atoms with Crippen LogP contribution in [0.4, 0.5) is 0 Å². The first-order chi connectivity index (χ1) is 18.4. The number of aromatic hydroxyl groups is 1. The third kappa shape index (κ3) is 4.92. The minimum absolute atomic E-state index is 0.00221. The number of esters is 1. The number of ketones is 1. The van der Waals surface area contributed by atoms with E-state index < -0.39 is 11.9 Å². The van der Waals surface area contributed by atoms with Crippen molar-refractivity contribution >= 4 is 23.4 Å². The van der Waals surface area contributed by atoms with Gasteiger partial charge in [-0.15, -0.1) is 0 Å². The summed E-state index contributed by atoms with van der Waals surface area (Å²) < 4.78 is 11.3. The van der Waals surface area contributed by atoms with Crippen molar-refractivity contribution in [3.8, 4) is 11.5 Å². The Morgan fingerprint density at radius 1 is 1.05 bits per heavy atom. The Balaban J connectivity index is 1.52. The number of benzene rings is 3. The van der Waals surface area contributed by atoms with Crippen molar-refractivity contribution in [2.24, 2.45) is 0 Å². The van der Waals surface area contributed by atoms with E-state index >= 15 is 0 Å². The predicted molar refractivity (Wildman–Crippen MR) is 145 cm³/mol. The van der Waals surface area contributed by atoms with Gasteiger partial charge >= 0.3 is 5.97 Å². The highest BCUT2D eigenvalue weighted by Crippen LogP contribution is 2.47. The molecule has 0 saturated heterocycles. The van der Waals surface area contributed by atoms with Crippen molar-refractivity contribution < 1.29 is 24.2 Å².